The minimum absolute atomic E-state index is 0.0993. The van der Waals surface area contributed by atoms with Gasteiger partial charge in [0, 0.05) is 18.8 Å². The molecule has 33 heavy (non-hydrogen) atoms. The van der Waals surface area contributed by atoms with E-state index >= 15 is 0 Å². The van der Waals surface area contributed by atoms with E-state index in [1.54, 1.807) is 7.11 Å². The molecule has 182 valence electrons. The Kier molecular flexibility index (Phi) is 11.7. The molecule has 0 radical (unpaired) electrons. The fourth-order valence-electron chi connectivity index (χ4n) is 4.09. The highest BCUT2D eigenvalue weighted by atomic mass is 31.1. The maximum absolute atomic E-state index is 13.7. The van der Waals surface area contributed by atoms with E-state index in [2.05, 4.69) is 52.0 Å². The third-order valence-corrected chi connectivity index (χ3v) is 7.31. The molecule has 1 unspecified atom stereocenters. The Morgan fingerprint density at radius 3 is 1.67 bits per heavy atom. The van der Waals surface area contributed by atoms with E-state index in [1.165, 1.54) is 22.3 Å². The molecule has 0 fully saturated rings. The molecule has 0 aliphatic heterocycles. The molecule has 6 heteroatoms. The van der Waals surface area contributed by atoms with Crippen LogP contribution in [0.2, 0.25) is 0 Å². The van der Waals surface area contributed by atoms with E-state index in [4.69, 9.17) is 18.7 Å². The van der Waals surface area contributed by atoms with Crippen molar-refractivity contribution in [1.82, 2.24) is 0 Å². The first-order chi connectivity index (χ1) is 15.7. The summed E-state index contributed by atoms with van der Waals surface area (Å²) in [4.78, 5) is 13.7. The lowest BCUT2D eigenvalue weighted by atomic mass is 10.0. The van der Waals surface area contributed by atoms with Gasteiger partial charge in [-0.05, 0) is 69.4 Å². The summed E-state index contributed by atoms with van der Waals surface area (Å²) in [7, 11) is 0.291. The van der Waals surface area contributed by atoms with Gasteiger partial charge in [-0.3, -0.25) is 4.79 Å². The molecule has 0 saturated heterocycles. The van der Waals surface area contributed by atoms with Crippen LogP contribution in [0.3, 0.4) is 0 Å². The third kappa shape index (κ3) is 8.59. The molecule has 0 aliphatic rings. The highest BCUT2D eigenvalue weighted by Crippen LogP contribution is 2.46. The molecule has 5 nitrogen and oxygen atoms in total. The molecule has 0 spiro atoms. The van der Waals surface area contributed by atoms with Crippen LogP contribution in [0.1, 0.15) is 49.3 Å². The number of hydrogen-bond acceptors (Lipinski definition) is 5. The third-order valence-electron chi connectivity index (χ3n) is 5.54. The summed E-state index contributed by atoms with van der Waals surface area (Å²) in [5.74, 6) is 0. The molecule has 0 N–H and O–H groups in total. The number of methoxy groups -OCH3 is 1. The van der Waals surface area contributed by atoms with Crippen LogP contribution in [-0.2, 0) is 24.9 Å². The van der Waals surface area contributed by atoms with Crippen molar-refractivity contribution in [2.24, 2.45) is 0 Å². The standard InChI is InChI=1S/C27H39O5P/c1-19-14-21(3)25(22(4)15-19)18-33(32-13-12-31-11-10-30-9-8-29-7)27(28)26-23(5)16-20(2)17-24(26)6/h14-17H,8-13,18H2,1-7H3. The Morgan fingerprint density at radius 1 is 0.697 bits per heavy atom. The van der Waals surface area contributed by atoms with Crippen molar-refractivity contribution in [3.8, 4) is 0 Å². The number of hydrogen-bond donors (Lipinski definition) is 0. The number of rotatable bonds is 14. The van der Waals surface area contributed by atoms with Gasteiger partial charge in [-0.2, -0.15) is 0 Å². The lowest BCUT2D eigenvalue weighted by Crippen LogP contribution is -2.13. The number of aryl methyl sites for hydroxylation is 6. The second-order valence-corrected chi connectivity index (χ2v) is 10.3. The summed E-state index contributed by atoms with van der Waals surface area (Å²) in [5.41, 5.74) is 8.93. The zero-order chi connectivity index (χ0) is 24.4. The Morgan fingerprint density at radius 2 is 1.15 bits per heavy atom. The molecule has 2 rings (SSSR count). The molecule has 0 heterocycles. The molecule has 0 aliphatic carbocycles. The molecule has 2 aromatic carbocycles. The molecule has 2 aromatic rings. The van der Waals surface area contributed by atoms with Crippen molar-refractivity contribution in [2.75, 3.05) is 46.8 Å². The van der Waals surface area contributed by atoms with Crippen molar-refractivity contribution in [3.63, 3.8) is 0 Å². The minimum atomic E-state index is -1.36. The summed E-state index contributed by atoms with van der Waals surface area (Å²) < 4.78 is 22.2. The van der Waals surface area contributed by atoms with Gasteiger partial charge in [0.2, 0.25) is 5.52 Å². The van der Waals surface area contributed by atoms with E-state index in [-0.39, 0.29) is 5.52 Å². The summed E-state index contributed by atoms with van der Waals surface area (Å²) >= 11 is 0. The lowest BCUT2D eigenvalue weighted by molar-refractivity contribution is 0.0187. The zero-order valence-corrected chi connectivity index (χ0v) is 22.1. The fourth-order valence-corrected chi connectivity index (χ4v) is 6.13. The van der Waals surface area contributed by atoms with Crippen LogP contribution in [0.25, 0.3) is 0 Å². The molecular formula is C27H39O5P. The average Bonchev–Trinajstić information content (AvgIpc) is 2.72. The van der Waals surface area contributed by atoms with Gasteiger partial charge in [0.1, 0.15) is 8.15 Å². The van der Waals surface area contributed by atoms with Gasteiger partial charge >= 0.3 is 0 Å². The zero-order valence-electron chi connectivity index (χ0n) is 21.2. The van der Waals surface area contributed by atoms with Crippen LogP contribution in [-0.4, -0.2) is 52.3 Å². The Balaban J connectivity index is 2.10. The summed E-state index contributed by atoms with van der Waals surface area (Å²) in [5, 5.41) is 0. The number of carbonyl (C=O) groups is 1. The van der Waals surface area contributed by atoms with Crippen molar-refractivity contribution in [2.45, 2.75) is 47.7 Å². The van der Waals surface area contributed by atoms with E-state index in [9.17, 15) is 4.79 Å². The van der Waals surface area contributed by atoms with Crippen molar-refractivity contribution >= 4 is 13.7 Å². The monoisotopic (exact) mass is 474 g/mol. The van der Waals surface area contributed by atoms with E-state index in [0.717, 1.165) is 22.3 Å². The Labute approximate surface area is 200 Å². The van der Waals surface area contributed by atoms with Crippen LogP contribution in [0.4, 0.5) is 0 Å². The SMILES string of the molecule is COCCOCCOCCOP(Cc1c(C)cc(C)cc1C)C(=O)c1c(C)cc(C)cc1C. The smallest absolute Gasteiger partial charge is 0.212 e. The van der Waals surface area contributed by atoms with Crippen LogP contribution in [0.5, 0.6) is 0 Å². The van der Waals surface area contributed by atoms with Gasteiger partial charge in [0.15, 0.2) is 0 Å². The Hall–Kier alpha value is -1.62. The first-order valence-corrected chi connectivity index (χ1v) is 12.9. The van der Waals surface area contributed by atoms with Crippen LogP contribution < -0.4 is 0 Å². The van der Waals surface area contributed by atoms with Crippen LogP contribution in [0.15, 0.2) is 24.3 Å². The minimum Gasteiger partial charge on any atom is -0.382 e. The molecule has 0 bridgehead atoms. The normalized spacial score (nSPS) is 12.2. The number of ether oxygens (including phenoxy) is 3. The van der Waals surface area contributed by atoms with E-state index in [0.29, 0.717) is 45.8 Å². The van der Waals surface area contributed by atoms with E-state index in [1.807, 2.05) is 13.8 Å². The second-order valence-electron chi connectivity index (χ2n) is 8.54. The maximum atomic E-state index is 13.7. The summed E-state index contributed by atoms with van der Waals surface area (Å²) in [6.45, 7) is 15.3. The number of benzene rings is 2. The molecule has 0 saturated carbocycles. The quantitative estimate of drug-likeness (QED) is 0.249. The van der Waals surface area contributed by atoms with Gasteiger partial charge in [-0.1, -0.05) is 35.4 Å². The summed E-state index contributed by atoms with van der Waals surface area (Å²) in [6.07, 6.45) is 0.610. The van der Waals surface area contributed by atoms with Crippen LogP contribution >= 0.6 is 8.15 Å². The molecule has 1 atom stereocenters. The topological polar surface area (TPSA) is 54.0 Å². The van der Waals surface area contributed by atoms with Gasteiger partial charge in [-0.15, -0.1) is 0 Å². The first-order valence-electron chi connectivity index (χ1n) is 11.5. The molecule has 0 amide bonds. The van der Waals surface area contributed by atoms with Crippen molar-refractivity contribution in [1.29, 1.82) is 0 Å². The average molecular weight is 475 g/mol. The predicted molar refractivity (Wildman–Crippen MR) is 136 cm³/mol. The van der Waals surface area contributed by atoms with Crippen LogP contribution in [0, 0.1) is 41.5 Å². The van der Waals surface area contributed by atoms with Crippen molar-refractivity contribution in [3.05, 3.63) is 68.8 Å². The van der Waals surface area contributed by atoms with E-state index < -0.39 is 8.15 Å². The predicted octanol–water partition coefficient (Wildman–Crippen LogP) is 5.97. The first kappa shape index (κ1) is 27.6. The van der Waals surface area contributed by atoms with Gasteiger partial charge < -0.3 is 18.7 Å². The molecular weight excluding hydrogens is 435 g/mol. The summed E-state index contributed by atoms with van der Waals surface area (Å²) in [6, 6.07) is 8.50. The maximum Gasteiger partial charge on any atom is 0.212 e. The second kappa shape index (κ2) is 13.9. The lowest BCUT2D eigenvalue weighted by Gasteiger charge is -2.21. The fraction of sp³-hybridized carbons (Fsp3) is 0.519. The van der Waals surface area contributed by atoms with Gasteiger partial charge in [-0.25, -0.2) is 0 Å². The highest BCUT2D eigenvalue weighted by Gasteiger charge is 2.26. The highest BCUT2D eigenvalue weighted by molar-refractivity contribution is 7.70. The largest absolute Gasteiger partial charge is 0.382 e. The number of carbonyl (C=O) groups excluding carboxylic acids is 1. The van der Waals surface area contributed by atoms with Gasteiger partial charge in [0.05, 0.1) is 39.6 Å². The van der Waals surface area contributed by atoms with Gasteiger partial charge in [0.25, 0.3) is 0 Å². The van der Waals surface area contributed by atoms with Crippen molar-refractivity contribution < 1.29 is 23.5 Å². The Bertz CT molecular complexity index is 879. The molecule has 0 aromatic heterocycles.